The highest BCUT2D eigenvalue weighted by molar-refractivity contribution is 7.10. The molecule has 0 aromatic carbocycles. The summed E-state index contributed by atoms with van der Waals surface area (Å²) in [4.78, 5) is 5.67. The molecular formula is C15H25N3OS. The largest absolute Gasteiger partial charge is 0.381 e. The molecule has 0 saturated heterocycles. The molecule has 2 atom stereocenters. The molecule has 1 fully saturated rings. The van der Waals surface area contributed by atoms with Gasteiger partial charge in [-0.05, 0) is 30.4 Å². The summed E-state index contributed by atoms with van der Waals surface area (Å²) in [5.74, 6) is 0.866. The van der Waals surface area contributed by atoms with E-state index >= 15 is 0 Å². The maximum Gasteiger partial charge on any atom is 0.191 e. The highest BCUT2D eigenvalue weighted by atomic mass is 32.1. The van der Waals surface area contributed by atoms with Gasteiger partial charge in [-0.25, -0.2) is 0 Å². The van der Waals surface area contributed by atoms with E-state index in [2.05, 4.69) is 47.8 Å². The van der Waals surface area contributed by atoms with Crippen molar-refractivity contribution in [3.05, 3.63) is 21.9 Å². The lowest BCUT2D eigenvalue weighted by Gasteiger charge is -2.51. The minimum absolute atomic E-state index is 0.144. The van der Waals surface area contributed by atoms with Gasteiger partial charge in [0.25, 0.3) is 0 Å². The molecule has 5 heteroatoms. The molecule has 0 aliphatic heterocycles. The molecule has 0 radical (unpaired) electrons. The zero-order valence-corrected chi connectivity index (χ0v) is 13.8. The normalized spacial score (nSPS) is 25.1. The first-order valence-electron chi connectivity index (χ1n) is 7.02. The molecule has 2 rings (SSSR count). The Labute approximate surface area is 125 Å². The van der Waals surface area contributed by atoms with E-state index in [1.165, 1.54) is 10.4 Å². The summed E-state index contributed by atoms with van der Waals surface area (Å²) in [5.41, 5.74) is 1.48. The number of thiophene rings is 1. The summed E-state index contributed by atoms with van der Waals surface area (Å²) < 4.78 is 5.48. The van der Waals surface area contributed by atoms with E-state index in [1.54, 1.807) is 18.4 Å². The lowest BCUT2D eigenvalue weighted by molar-refractivity contribution is -0.0922. The van der Waals surface area contributed by atoms with Crippen molar-refractivity contribution < 1.29 is 4.74 Å². The first kappa shape index (κ1) is 15.3. The van der Waals surface area contributed by atoms with Gasteiger partial charge in [-0.3, -0.25) is 4.99 Å². The van der Waals surface area contributed by atoms with Crippen molar-refractivity contribution >= 4 is 17.3 Å². The Bertz CT molecular complexity index is 481. The Kier molecular flexibility index (Phi) is 4.70. The Hall–Kier alpha value is -1.07. The molecule has 0 spiro atoms. The first-order valence-corrected chi connectivity index (χ1v) is 7.90. The zero-order valence-electron chi connectivity index (χ0n) is 13.0. The van der Waals surface area contributed by atoms with Crippen LogP contribution < -0.4 is 10.6 Å². The van der Waals surface area contributed by atoms with Crippen molar-refractivity contribution in [2.45, 2.75) is 45.9 Å². The Morgan fingerprint density at radius 2 is 2.30 bits per heavy atom. The fourth-order valence-electron chi connectivity index (χ4n) is 2.64. The number of nitrogens with one attached hydrogen (secondary N) is 2. The third kappa shape index (κ3) is 2.99. The van der Waals surface area contributed by atoms with Crippen molar-refractivity contribution in [1.29, 1.82) is 0 Å². The monoisotopic (exact) mass is 295 g/mol. The van der Waals surface area contributed by atoms with Crippen LogP contribution in [-0.2, 0) is 11.3 Å². The third-order valence-corrected chi connectivity index (χ3v) is 5.40. The molecule has 0 bridgehead atoms. The second kappa shape index (κ2) is 6.14. The standard InChI is InChI=1S/C15H25N3OS/c1-10-6-7-20-11(10)9-17-14(16-4)18-12-8-13(19-5)15(12,2)3/h6-7,12-13H,8-9H2,1-5H3,(H2,16,17,18). The van der Waals surface area contributed by atoms with Crippen molar-refractivity contribution in [2.24, 2.45) is 10.4 Å². The molecule has 112 valence electrons. The number of aliphatic imine (C=N–C) groups is 1. The zero-order chi connectivity index (χ0) is 14.8. The van der Waals surface area contributed by atoms with Crippen LogP contribution in [-0.4, -0.2) is 32.3 Å². The van der Waals surface area contributed by atoms with Gasteiger partial charge in [-0.1, -0.05) is 13.8 Å². The number of rotatable bonds is 4. The maximum atomic E-state index is 5.48. The number of methoxy groups -OCH3 is 1. The van der Waals surface area contributed by atoms with E-state index in [-0.39, 0.29) is 5.41 Å². The van der Waals surface area contributed by atoms with Gasteiger partial charge in [0.05, 0.1) is 12.6 Å². The van der Waals surface area contributed by atoms with Crippen LogP contribution >= 0.6 is 11.3 Å². The Morgan fingerprint density at radius 1 is 1.55 bits per heavy atom. The van der Waals surface area contributed by atoms with Crippen LogP contribution in [0.2, 0.25) is 0 Å². The van der Waals surface area contributed by atoms with Crippen LogP contribution in [0.15, 0.2) is 16.4 Å². The van der Waals surface area contributed by atoms with E-state index in [0.717, 1.165) is 18.9 Å². The topological polar surface area (TPSA) is 45.7 Å². The van der Waals surface area contributed by atoms with Gasteiger partial charge >= 0.3 is 0 Å². The van der Waals surface area contributed by atoms with Gasteiger partial charge in [0.15, 0.2) is 5.96 Å². The van der Waals surface area contributed by atoms with Gasteiger partial charge in [0, 0.05) is 30.5 Å². The predicted octanol–water partition coefficient (Wildman–Crippen LogP) is 2.54. The van der Waals surface area contributed by atoms with Crippen LogP contribution in [0.3, 0.4) is 0 Å². The molecule has 2 N–H and O–H groups in total. The van der Waals surface area contributed by atoms with E-state index < -0.39 is 0 Å². The molecular weight excluding hydrogens is 270 g/mol. The summed E-state index contributed by atoms with van der Waals surface area (Å²) >= 11 is 1.78. The van der Waals surface area contributed by atoms with Crippen molar-refractivity contribution in [3.8, 4) is 0 Å². The summed E-state index contributed by atoms with van der Waals surface area (Å²) in [6.07, 6.45) is 1.36. The average Bonchev–Trinajstić information content (AvgIpc) is 2.83. The molecule has 2 unspecified atom stereocenters. The molecule has 0 amide bonds. The molecule has 1 aromatic heterocycles. The van der Waals surface area contributed by atoms with E-state index in [0.29, 0.717) is 12.1 Å². The van der Waals surface area contributed by atoms with Crippen LogP contribution in [0.1, 0.15) is 30.7 Å². The minimum atomic E-state index is 0.144. The molecule has 1 aliphatic rings. The summed E-state index contributed by atoms with van der Waals surface area (Å²) in [6, 6.07) is 2.55. The second-order valence-electron chi connectivity index (χ2n) is 5.93. The summed E-state index contributed by atoms with van der Waals surface area (Å²) in [5, 5.41) is 9.02. The third-order valence-electron chi connectivity index (χ3n) is 4.38. The SMILES string of the molecule is CN=C(NCc1sccc1C)NC1CC(OC)C1(C)C. The highest BCUT2D eigenvalue weighted by Gasteiger charge is 2.48. The van der Waals surface area contributed by atoms with Gasteiger partial charge in [-0.2, -0.15) is 0 Å². The molecule has 1 aromatic rings. The summed E-state index contributed by atoms with van der Waals surface area (Å²) in [6.45, 7) is 7.43. The first-order chi connectivity index (χ1) is 9.48. The fraction of sp³-hybridized carbons (Fsp3) is 0.667. The number of hydrogen-bond acceptors (Lipinski definition) is 3. The number of aryl methyl sites for hydroxylation is 1. The number of nitrogens with zero attached hydrogens (tertiary/aromatic N) is 1. The molecule has 1 heterocycles. The number of guanidine groups is 1. The van der Waals surface area contributed by atoms with Crippen LogP contribution in [0, 0.1) is 12.3 Å². The Morgan fingerprint density at radius 3 is 2.80 bits per heavy atom. The average molecular weight is 295 g/mol. The van der Waals surface area contributed by atoms with E-state index in [9.17, 15) is 0 Å². The smallest absolute Gasteiger partial charge is 0.191 e. The predicted molar refractivity (Wildman–Crippen MR) is 85.4 cm³/mol. The molecule has 20 heavy (non-hydrogen) atoms. The molecule has 1 saturated carbocycles. The number of ether oxygens (including phenoxy) is 1. The van der Waals surface area contributed by atoms with Crippen LogP contribution in [0.25, 0.3) is 0 Å². The van der Waals surface area contributed by atoms with Gasteiger partial charge < -0.3 is 15.4 Å². The lowest BCUT2D eigenvalue weighted by Crippen LogP contribution is -2.63. The quantitative estimate of drug-likeness (QED) is 0.663. The minimum Gasteiger partial charge on any atom is -0.381 e. The number of hydrogen-bond donors (Lipinski definition) is 2. The van der Waals surface area contributed by atoms with Crippen molar-refractivity contribution in [1.82, 2.24) is 10.6 Å². The van der Waals surface area contributed by atoms with Crippen LogP contribution in [0.4, 0.5) is 0 Å². The van der Waals surface area contributed by atoms with Crippen molar-refractivity contribution in [3.63, 3.8) is 0 Å². The second-order valence-corrected chi connectivity index (χ2v) is 6.93. The van der Waals surface area contributed by atoms with Crippen LogP contribution in [0.5, 0.6) is 0 Å². The van der Waals surface area contributed by atoms with E-state index in [4.69, 9.17) is 4.74 Å². The maximum absolute atomic E-state index is 5.48. The highest BCUT2D eigenvalue weighted by Crippen LogP contribution is 2.42. The lowest BCUT2D eigenvalue weighted by atomic mass is 9.64. The van der Waals surface area contributed by atoms with Crippen molar-refractivity contribution in [2.75, 3.05) is 14.2 Å². The fourth-order valence-corrected chi connectivity index (χ4v) is 3.49. The van der Waals surface area contributed by atoms with Gasteiger partial charge in [0.2, 0.25) is 0 Å². The summed E-state index contributed by atoms with van der Waals surface area (Å²) in [7, 11) is 3.60. The van der Waals surface area contributed by atoms with E-state index in [1.807, 2.05) is 7.05 Å². The Balaban J connectivity index is 1.87. The molecule has 1 aliphatic carbocycles. The van der Waals surface area contributed by atoms with Gasteiger partial charge in [-0.15, -0.1) is 11.3 Å². The van der Waals surface area contributed by atoms with Gasteiger partial charge in [0.1, 0.15) is 0 Å². The molecule has 4 nitrogen and oxygen atoms in total.